The van der Waals surface area contributed by atoms with Crippen molar-refractivity contribution >= 4 is 18.5 Å². The summed E-state index contributed by atoms with van der Waals surface area (Å²) < 4.78 is 0. The molecule has 1 aromatic carbocycles. The van der Waals surface area contributed by atoms with Crippen LogP contribution in [0.2, 0.25) is 0 Å². The number of nitrogens with zero attached hydrogens (tertiary/aromatic N) is 1. The van der Waals surface area contributed by atoms with Crippen molar-refractivity contribution in [2.45, 2.75) is 44.9 Å². The van der Waals surface area contributed by atoms with E-state index in [1.807, 2.05) is 19.1 Å². The summed E-state index contributed by atoms with van der Waals surface area (Å²) in [6.45, 7) is 12.1. The highest BCUT2D eigenvalue weighted by molar-refractivity contribution is 7.98. The van der Waals surface area contributed by atoms with Crippen LogP contribution in [0.25, 0.3) is 0 Å². The van der Waals surface area contributed by atoms with Crippen molar-refractivity contribution in [3.8, 4) is 11.8 Å². The van der Waals surface area contributed by atoms with E-state index in [2.05, 4.69) is 74.8 Å². The van der Waals surface area contributed by atoms with E-state index in [0.29, 0.717) is 11.4 Å². The summed E-state index contributed by atoms with van der Waals surface area (Å²) in [6.07, 6.45) is 6.85. The van der Waals surface area contributed by atoms with E-state index >= 15 is 0 Å². The first kappa shape index (κ1) is 20.1. The average molecular weight is 341 g/mol. The zero-order chi connectivity index (χ0) is 18.2. The highest BCUT2D eigenvalue weighted by atomic mass is 32.2. The monoisotopic (exact) mass is 340 g/mol. The van der Waals surface area contributed by atoms with Gasteiger partial charge in [-0.15, -0.1) is 11.8 Å². The quantitative estimate of drug-likeness (QED) is 0.338. The Hall–Kier alpha value is -1.92. The maximum Gasteiger partial charge on any atom is 0.138 e. The lowest BCUT2D eigenvalue weighted by Gasteiger charge is -2.23. The van der Waals surface area contributed by atoms with Gasteiger partial charge in [-0.05, 0) is 55.5 Å². The predicted molar refractivity (Wildman–Crippen MR) is 108 cm³/mol. The highest BCUT2D eigenvalue weighted by Crippen LogP contribution is 2.31. The Morgan fingerprint density at radius 3 is 2.42 bits per heavy atom. The van der Waals surface area contributed by atoms with E-state index in [1.165, 1.54) is 10.5 Å². The van der Waals surface area contributed by atoms with Crippen LogP contribution in [0.3, 0.4) is 0 Å². The lowest BCUT2D eigenvalue weighted by molar-refractivity contribution is 0.364. The van der Waals surface area contributed by atoms with E-state index in [-0.39, 0.29) is 11.3 Å². The molecule has 24 heavy (non-hydrogen) atoms. The minimum absolute atomic E-state index is 0.152. The molecule has 0 fully saturated rings. The zero-order valence-electron chi connectivity index (χ0n) is 15.4. The van der Waals surface area contributed by atoms with Crippen LogP contribution in [-0.4, -0.2) is 13.0 Å². The fraction of sp³-hybridized carbons (Fsp3) is 0.381. The number of thioether (sulfide) groups is 1. The molecule has 0 heterocycles. The molecular weight excluding hydrogens is 312 g/mol. The second-order valence-corrected chi connectivity index (χ2v) is 7.70. The van der Waals surface area contributed by atoms with Crippen LogP contribution < -0.4 is 5.73 Å². The Morgan fingerprint density at radius 1 is 1.33 bits per heavy atom. The summed E-state index contributed by atoms with van der Waals surface area (Å²) in [6, 6.07) is 8.65. The summed E-state index contributed by atoms with van der Waals surface area (Å²) in [5, 5.41) is 0. The van der Waals surface area contributed by atoms with Crippen molar-refractivity contribution in [1.82, 2.24) is 0 Å². The van der Waals surface area contributed by atoms with Crippen molar-refractivity contribution in [2.24, 2.45) is 16.1 Å². The van der Waals surface area contributed by atoms with Crippen LogP contribution >= 0.6 is 11.8 Å². The molecule has 0 spiro atoms. The molecule has 0 aromatic heterocycles. The number of nitrogens with two attached hydrogens (primary N) is 1. The van der Waals surface area contributed by atoms with Crippen molar-refractivity contribution in [1.29, 1.82) is 0 Å². The standard InChI is InChI=1S/C21H28N2S/c1-7-8-17(20(22)23-5)9-10-18(15-21(2,3)4)16-11-13-19(24-6)14-12-16/h7-8,11-14,18H,5,15,22H2,1-4,6H3/b8-7-,20-17+. The normalized spacial score (nSPS) is 13.9. The molecule has 0 saturated carbocycles. The first-order valence-electron chi connectivity index (χ1n) is 8.05. The molecule has 2 nitrogen and oxygen atoms in total. The van der Waals surface area contributed by atoms with Crippen LogP contribution in [0.15, 0.2) is 57.7 Å². The van der Waals surface area contributed by atoms with E-state index in [0.717, 1.165) is 6.42 Å². The summed E-state index contributed by atoms with van der Waals surface area (Å²) >= 11 is 1.75. The van der Waals surface area contributed by atoms with Crippen LogP contribution in [0, 0.1) is 17.3 Å². The van der Waals surface area contributed by atoms with Gasteiger partial charge < -0.3 is 5.73 Å². The highest BCUT2D eigenvalue weighted by Gasteiger charge is 2.18. The molecule has 1 rings (SSSR count). The van der Waals surface area contributed by atoms with Crippen LogP contribution in [-0.2, 0) is 0 Å². The molecule has 0 amide bonds. The van der Waals surface area contributed by atoms with E-state index in [1.54, 1.807) is 11.8 Å². The van der Waals surface area contributed by atoms with Crippen molar-refractivity contribution in [2.75, 3.05) is 6.26 Å². The Kier molecular flexibility index (Phi) is 7.88. The van der Waals surface area contributed by atoms with Gasteiger partial charge in [0.15, 0.2) is 0 Å². The van der Waals surface area contributed by atoms with Gasteiger partial charge in [0.2, 0.25) is 0 Å². The molecule has 0 aliphatic rings. The van der Waals surface area contributed by atoms with Crippen molar-refractivity contribution in [3.63, 3.8) is 0 Å². The maximum absolute atomic E-state index is 5.89. The summed E-state index contributed by atoms with van der Waals surface area (Å²) in [7, 11) is 0. The van der Waals surface area contributed by atoms with Gasteiger partial charge in [-0.1, -0.05) is 50.8 Å². The van der Waals surface area contributed by atoms with Gasteiger partial charge in [0, 0.05) is 10.8 Å². The fourth-order valence-corrected chi connectivity index (χ4v) is 2.72. The molecule has 1 atom stereocenters. The Morgan fingerprint density at radius 2 is 1.96 bits per heavy atom. The minimum Gasteiger partial charge on any atom is -0.383 e. The lowest BCUT2D eigenvalue weighted by Crippen LogP contribution is -2.11. The molecular formula is C21H28N2S. The third kappa shape index (κ3) is 6.68. The summed E-state index contributed by atoms with van der Waals surface area (Å²) in [5.41, 5.74) is 8.02. The van der Waals surface area contributed by atoms with Gasteiger partial charge in [0.1, 0.15) is 5.82 Å². The largest absolute Gasteiger partial charge is 0.383 e. The van der Waals surface area contributed by atoms with Gasteiger partial charge in [-0.3, -0.25) is 0 Å². The average Bonchev–Trinajstić information content (AvgIpc) is 2.55. The first-order chi connectivity index (χ1) is 11.3. The molecule has 128 valence electrons. The van der Waals surface area contributed by atoms with Gasteiger partial charge in [0.25, 0.3) is 0 Å². The summed E-state index contributed by atoms with van der Waals surface area (Å²) in [4.78, 5) is 5.07. The predicted octanol–water partition coefficient (Wildman–Crippen LogP) is 5.38. The molecule has 0 aliphatic heterocycles. The topological polar surface area (TPSA) is 38.4 Å². The molecule has 1 aromatic rings. The van der Waals surface area contributed by atoms with Gasteiger partial charge in [0.05, 0.1) is 5.57 Å². The van der Waals surface area contributed by atoms with Gasteiger partial charge in [-0.25, -0.2) is 4.99 Å². The maximum atomic E-state index is 5.89. The lowest BCUT2D eigenvalue weighted by atomic mass is 9.81. The van der Waals surface area contributed by atoms with E-state index in [9.17, 15) is 0 Å². The Bertz CT molecular complexity index is 665. The van der Waals surface area contributed by atoms with E-state index < -0.39 is 0 Å². The Balaban J connectivity index is 3.24. The summed E-state index contributed by atoms with van der Waals surface area (Å²) in [5.74, 6) is 7.12. The smallest absolute Gasteiger partial charge is 0.138 e. The second kappa shape index (κ2) is 9.39. The molecule has 0 saturated heterocycles. The third-order valence-corrected chi connectivity index (χ3v) is 4.24. The van der Waals surface area contributed by atoms with Crippen molar-refractivity contribution in [3.05, 3.63) is 53.4 Å². The number of hydrogen-bond donors (Lipinski definition) is 1. The van der Waals surface area contributed by atoms with E-state index in [4.69, 9.17) is 5.73 Å². The molecule has 2 N–H and O–H groups in total. The third-order valence-electron chi connectivity index (χ3n) is 3.50. The molecule has 3 heteroatoms. The Labute approximate surface area is 151 Å². The number of rotatable bonds is 5. The van der Waals surface area contributed by atoms with Crippen molar-refractivity contribution < 1.29 is 0 Å². The first-order valence-corrected chi connectivity index (χ1v) is 9.28. The number of hydrogen-bond acceptors (Lipinski definition) is 3. The molecule has 0 aliphatic carbocycles. The van der Waals surface area contributed by atoms with Crippen LogP contribution in [0.1, 0.15) is 45.6 Å². The molecule has 1 unspecified atom stereocenters. The number of benzene rings is 1. The van der Waals surface area contributed by atoms with Crippen LogP contribution in [0.4, 0.5) is 0 Å². The number of aliphatic imine (C=N–C) groups is 1. The van der Waals surface area contributed by atoms with Gasteiger partial charge >= 0.3 is 0 Å². The van der Waals surface area contributed by atoms with Gasteiger partial charge in [-0.2, -0.15) is 0 Å². The van der Waals surface area contributed by atoms with Crippen LogP contribution in [0.5, 0.6) is 0 Å². The number of allylic oxidation sites excluding steroid dienone is 3. The molecule has 0 radical (unpaired) electrons. The fourth-order valence-electron chi connectivity index (χ4n) is 2.31. The SMILES string of the molecule is C=N/C(N)=C(C#CC(CC(C)(C)C)c1ccc(SC)cc1)\C=C/C. The minimum atomic E-state index is 0.152. The zero-order valence-corrected chi connectivity index (χ0v) is 16.2. The molecule has 0 bridgehead atoms. The second-order valence-electron chi connectivity index (χ2n) is 6.82.